The lowest BCUT2D eigenvalue weighted by Gasteiger charge is -2.28. The molecule has 0 radical (unpaired) electrons. The minimum absolute atomic E-state index is 0.631. The molecule has 2 aromatic heterocycles. The zero-order chi connectivity index (χ0) is 20.6. The van der Waals surface area contributed by atoms with Gasteiger partial charge in [-0.15, -0.1) is 10.2 Å². The number of benzene rings is 3. The summed E-state index contributed by atoms with van der Waals surface area (Å²) in [6.07, 6.45) is 0. The maximum atomic E-state index is 4.99. The van der Waals surface area contributed by atoms with E-state index in [9.17, 15) is 0 Å². The van der Waals surface area contributed by atoms with Crippen LogP contribution in [0.1, 0.15) is 5.82 Å². The van der Waals surface area contributed by atoms with Gasteiger partial charge in [-0.2, -0.15) is 0 Å². The van der Waals surface area contributed by atoms with E-state index in [1.54, 1.807) is 0 Å². The summed E-state index contributed by atoms with van der Waals surface area (Å²) >= 11 is 0. The van der Waals surface area contributed by atoms with Gasteiger partial charge in [0.2, 0.25) is 5.95 Å². The molecule has 0 fully saturated rings. The van der Waals surface area contributed by atoms with Crippen LogP contribution in [0.3, 0.4) is 0 Å². The molecule has 3 aromatic carbocycles. The Bertz CT molecular complexity index is 1360. The Kier molecular flexibility index (Phi) is 4.20. The zero-order valence-corrected chi connectivity index (χ0v) is 16.9. The van der Waals surface area contributed by atoms with Gasteiger partial charge >= 0.3 is 0 Å². The van der Waals surface area contributed by atoms with E-state index in [1.807, 2.05) is 54.6 Å². The average Bonchev–Trinajstić information content (AvgIpc) is 3.28. The van der Waals surface area contributed by atoms with Crippen LogP contribution in [0.25, 0.3) is 33.5 Å². The molecule has 5 aromatic rings. The molecule has 0 bridgehead atoms. The maximum absolute atomic E-state index is 4.99. The Hall–Kier alpha value is -4.06. The fourth-order valence-electron chi connectivity index (χ4n) is 4.15. The summed E-state index contributed by atoms with van der Waals surface area (Å²) in [4.78, 5) is 12.1. The van der Waals surface area contributed by atoms with Gasteiger partial charge in [-0.05, 0) is 6.07 Å². The fraction of sp³-hybridized carbons (Fsp3) is 0.120. The molecule has 0 aliphatic carbocycles. The lowest BCUT2D eigenvalue weighted by atomic mass is 10.1. The molecule has 0 N–H and O–H groups in total. The maximum Gasteiger partial charge on any atom is 0.226 e. The second-order valence-electron chi connectivity index (χ2n) is 7.63. The molecule has 0 unspecified atom stereocenters. The van der Waals surface area contributed by atoms with Crippen molar-refractivity contribution in [2.45, 2.75) is 13.1 Å². The highest BCUT2D eigenvalue weighted by molar-refractivity contribution is 5.93. The van der Waals surface area contributed by atoms with Gasteiger partial charge in [-0.3, -0.25) is 0 Å². The van der Waals surface area contributed by atoms with Crippen molar-refractivity contribution in [2.24, 2.45) is 0 Å². The van der Waals surface area contributed by atoms with Crippen molar-refractivity contribution in [2.75, 3.05) is 11.4 Å². The second-order valence-corrected chi connectivity index (χ2v) is 7.63. The van der Waals surface area contributed by atoms with Gasteiger partial charge in [0.15, 0.2) is 11.6 Å². The van der Waals surface area contributed by atoms with Crippen LogP contribution in [0.2, 0.25) is 0 Å². The van der Waals surface area contributed by atoms with Crippen molar-refractivity contribution in [3.63, 3.8) is 0 Å². The van der Waals surface area contributed by atoms with Gasteiger partial charge in [0, 0.05) is 29.6 Å². The van der Waals surface area contributed by atoms with E-state index in [-0.39, 0.29) is 0 Å². The number of anilines is 1. The predicted octanol–water partition coefficient (Wildman–Crippen LogP) is 4.58. The highest BCUT2D eigenvalue weighted by Gasteiger charge is 2.24. The SMILES string of the molecule is c1ccc(-c2nc(N3CCn4c(nnc4-c4ccccc4)C3)nc3ccccc23)cc1. The molecule has 6 nitrogen and oxygen atoms in total. The largest absolute Gasteiger partial charge is 0.331 e. The highest BCUT2D eigenvalue weighted by atomic mass is 15.4. The minimum Gasteiger partial charge on any atom is -0.331 e. The van der Waals surface area contributed by atoms with E-state index < -0.39 is 0 Å². The zero-order valence-electron chi connectivity index (χ0n) is 16.9. The summed E-state index contributed by atoms with van der Waals surface area (Å²) in [7, 11) is 0. The van der Waals surface area contributed by atoms with E-state index in [0.29, 0.717) is 6.54 Å². The van der Waals surface area contributed by atoms with Crippen molar-refractivity contribution in [3.05, 3.63) is 90.8 Å². The van der Waals surface area contributed by atoms with Crippen molar-refractivity contribution in [3.8, 4) is 22.6 Å². The highest BCUT2D eigenvalue weighted by Crippen LogP contribution is 2.30. The van der Waals surface area contributed by atoms with Crippen molar-refractivity contribution in [1.29, 1.82) is 0 Å². The molecule has 0 saturated carbocycles. The van der Waals surface area contributed by atoms with Crippen molar-refractivity contribution >= 4 is 16.9 Å². The molecule has 0 atom stereocenters. The van der Waals surface area contributed by atoms with Crippen molar-refractivity contribution < 1.29 is 0 Å². The summed E-state index contributed by atoms with van der Waals surface area (Å²) in [6.45, 7) is 2.23. The van der Waals surface area contributed by atoms with Crippen LogP contribution >= 0.6 is 0 Å². The second kappa shape index (κ2) is 7.32. The first-order chi connectivity index (χ1) is 15.4. The van der Waals surface area contributed by atoms with Crippen LogP contribution < -0.4 is 4.90 Å². The molecular formula is C25H20N6. The summed E-state index contributed by atoms with van der Waals surface area (Å²) in [6, 6.07) is 28.7. The third kappa shape index (κ3) is 3.13. The van der Waals surface area contributed by atoms with E-state index in [2.05, 4.69) is 50.0 Å². The van der Waals surface area contributed by atoms with Crippen LogP contribution in [0.4, 0.5) is 5.95 Å². The molecular weight excluding hydrogens is 384 g/mol. The predicted molar refractivity (Wildman–Crippen MR) is 121 cm³/mol. The number of para-hydroxylation sites is 1. The summed E-state index contributed by atoms with van der Waals surface area (Å²) in [5.41, 5.74) is 4.08. The van der Waals surface area contributed by atoms with Crippen LogP contribution in [-0.2, 0) is 13.1 Å². The third-order valence-corrected chi connectivity index (χ3v) is 5.71. The molecule has 0 spiro atoms. The Morgan fingerprint density at radius 1 is 0.645 bits per heavy atom. The van der Waals surface area contributed by atoms with E-state index >= 15 is 0 Å². The van der Waals surface area contributed by atoms with E-state index in [1.165, 1.54) is 0 Å². The van der Waals surface area contributed by atoms with E-state index in [4.69, 9.17) is 9.97 Å². The molecule has 1 aliphatic heterocycles. The van der Waals surface area contributed by atoms with Gasteiger partial charge in [-0.25, -0.2) is 9.97 Å². The fourth-order valence-corrected chi connectivity index (χ4v) is 4.15. The molecule has 6 heteroatoms. The Morgan fingerprint density at radius 3 is 2.16 bits per heavy atom. The first-order valence-electron chi connectivity index (χ1n) is 10.4. The number of nitrogens with zero attached hydrogens (tertiary/aromatic N) is 6. The first kappa shape index (κ1) is 17.8. The minimum atomic E-state index is 0.631. The standard InChI is InChI=1S/C25H20N6/c1-3-9-18(10-4-1)23-20-13-7-8-14-21(20)26-25(27-23)30-15-16-31-22(17-30)28-29-24(31)19-11-5-2-6-12-19/h1-14H,15-17H2. The van der Waals surface area contributed by atoms with Gasteiger partial charge in [0.05, 0.1) is 17.8 Å². The van der Waals surface area contributed by atoms with Gasteiger partial charge in [0.1, 0.15) is 0 Å². The normalized spacial score (nSPS) is 13.4. The average molecular weight is 404 g/mol. The quantitative estimate of drug-likeness (QED) is 0.441. The molecule has 1 aliphatic rings. The lowest BCUT2D eigenvalue weighted by molar-refractivity contribution is 0.556. The number of rotatable bonds is 3. The Morgan fingerprint density at radius 2 is 1.35 bits per heavy atom. The van der Waals surface area contributed by atoms with Gasteiger partial charge < -0.3 is 9.47 Å². The van der Waals surface area contributed by atoms with Gasteiger partial charge in [0.25, 0.3) is 0 Å². The number of hydrogen-bond acceptors (Lipinski definition) is 5. The molecule has 3 heterocycles. The van der Waals surface area contributed by atoms with Crippen LogP contribution in [0, 0.1) is 0 Å². The summed E-state index contributed by atoms with van der Waals surface area (Å²) in [5, 5.41) is 9.98. The smallest absolute Gasteiger partial charge is 0.226 e. The lowest BCUT2D eigenvalue weighted by Crippen LogP contribution is -2.35. The molecule has 150 valence electrons. The summed E-state index contributed by atoms with van der Waals surface area (Å²) < 4.78 is 2.20. The topological polar surface area (TPSA) is 59.7 Å². The van der Waals surface area contributed by atoms with Crippen LogP contribution in [0.15, 0.2) is 84.9 Å². The monoisotopic (exact) mass is 404 g/mol. The van der Waals surface area contributed by atoms with Gasteiger partial charge in [-0.1, -0.05) is 78.9 Å². The van der Waals surface area contributed by atoms with Crippen LogP contribution in [-0.4, -0.2) is 31.3 Å². The van der Waals surface area contributed by atoms with E-state index in [0.717, 1.165) is 58.4 Å². The molecule has 0 saturated heterocycles. The number of fused-ring (bicyclic) bond motifs is 2. The number of aromatic nitrogens is 5. The van der Waals surface area contributed by atoms with Crippen molar-refractivity contribution in [1.82, 2.24) is 24.7 Å². The molecule has 0 amide bonds. The Balaban J connectivity index is 1.40. The summed E-state index contributed by atoms with van der Waals surface area (Å²) in [5.74, 6) is 2.58. The third-order valence-electron chi connectivity index (χ3n) is 5.71. The molecule has 31 heavy (non-hydrogen) atoms. The number of hydrogen-bond donors (Lipinski definition) is 0. The Labute approximate surface area is 179 Å². The molecule has 6 rings (SSSR count). The first-order valence-corrected chi connectivity index (χ1v) is 10.4. The van der Waals surface area contributed by atoms with Crippen LogP contribution in [0.5, 0.6) is 0 Å².